The summed E-state index contributed by atoms with van der Waals surface area (Å²) in [6, 6.07) is 5.92. The van der Waals surface area contributed by atoms with Gasteiger partial charge in [-0.15, -0.1) is 0 Å². The number of fused-ring (bicyclic) bond motifs is 1. The first-order chi connectivity index (χ1) is 8.44. The highest BCUT2D eigenvalue weighted by atomic mass is 79.9. The predicted octanol–water partition coefficient (Wildman–Crippen LogP) is 2.21. The van der Waals surface area contributed by atoms with E-state index in [-0.39, 0.29) is 11.4 Å². The fourth-order valence-electron chi connectivity index (χ4n) is 2.32. The minimum absolute atomic E-state index is 0.0361. The van der Waals surface area contributed by atoms with E-state index in [4.69, 9.17) is 0 Å². The first kappa shape index (κ1) is 13.4. The fraction of sp³-hybridized carbons (Fsp3) is 0.462. The van der Waals surface area contributed by atoms with Gasteiger partial charge in [-0.3, -0.25) is 4.79 Å². The lowest BCUT2D eigenvalue weighted by atomic mass is 9.99. The molecule has 5 heteroatoms. The number of carbonyl (C=O) groups is 1. The van der Waals surface area contributed by atoms with E-state index in [1.807, 2.05) is 25.2 Å². The number of benzene rings is 1. The van der Waals surface area contributed by atoms with Gasteiger partial charge in [-0.1, -0.05) is 15.9 Å². The van der Waals surface area contributed by atoms with Crippen LogP contribution >= 0.6 is 15.9 Å². The van der Waals surface area contributed by atoms with E-state index in [0.717, 1.165) is 22.4 Å². The Balaban J connectivity index is 2.44. The smallest absolute Gasteiger partial charge is 0.243 e. The summed E-state index contributed by atoms with van der Waals surface area (Å²) in [6.45, 7) is 5.46. The summed E-state index contributed by atoms with van der Waals surface area (Å²) in [5.74, 6) is 0.0361. The van der Waals surface area contributed by atoms with Crippen LogP contribution in [0.15, 0.2) is 22.7 Å². The van der Waals surface area contributed by atoms with Crippen molar-refractivity contribution < 1.29 is 4.79 Å². The average molecular weight is 312 g/mol. The van der Waals surface area contributed by atoms with Gasteiger partial charge in [0, 0.05) is 16.6 Å². The van der Waals surface area contributed by atoms with Crippen LogP contribution in [0.2, 0.25) is 0 Å². The number of nitrogens with zero attached hydrogens (tertiary/aromatic N) is 1. The highest BCUT2D eigenvalue weighted by Gasteiger charge is 2.32. The lowest BCUT2D eigenvalue weighted by Crippen LogP contribution is -2.55. The lowest BCUT2D eigenvalue weighted by molar-refractivity contribution is -0.115. The number of halogens is 1. The topological polar surface area (TPSA) is 44.4 Å². The van der Waals surface area contributed by atoms with Crippen molar-refractivity contribution in [1.82, 2.24) is 5.32 Å². The molecule has 0 atom stereocenters. The van der Waals surface area contributed by atoms with Gasteiger partial charge in [0.25, 0.3) is 0 Å². The Bertz CT molecular complexity index is 473. The van der Waals surface area contributed by atoms with Crippen LogP contribution in [-0.4, -0.2) is 31.6 Å². The van der Waals surface area contributed by atoms with E-state index >= 15 is 0 Å². The molecular weight excluding hydrogens is 294 g/mol. The van der Waals surface area contributed by atoms with Crippen LogP contribution in [-0.2, 0) is 4.79 Å². The molecule has 1 aliphatic rings. The summed E-state index contributed by atoms with van der Waals surface area (Å²) < 4.78 is 1.02. The quantitative estimate of drug-likeness (QED) is 0.899. The molecule has 0 bridgehead atoms. The molecule has 0 saturated heterocycles. The van der Waals surface area contributed by atoms with Gasteiger partial charge in [0.2, 0.25) is 5.91 Å². The zero-order valence-electron chi connectivity index (χ0n) is 10.9. The summed E-state index contributed by atoms with van der Waals surface area (Å²) in [7, 11) is 1.92. The zero-order valence-corrected chi connectivity index (χ0v) is 12.5. The number of likely N-dealkylation sites (N-methyl/N-ethyl adjacent to an activating group) is 1. The Kier molecular flexibility index (Phi) is 3.64. The molecule has 18 heavy (non-hydrogen) atoms. The normalized spacial score (nSPS) is 15.3. The van der Waals surface area contributed by atoms with Crippen LogP contribution in [0.5, 0.6) is 0 Å². The van der Waals surface area contributed by atoms with Gasteiger partial charge in [0.15, 0.2) is 0 Å². The lowest BCUT2D eigenvalue weighted by Gasteiger charge is -2.43. The summed E-state index contributed by atoms with van der Waals surface area (Å²) in [4.78, 5) is 13.9. The van der Waals surface area contributed by atoms with Crippen LogP contribution < -0.4 is 15.5 Å². The van der Waals surface area contributed by atoms with Crippen molar-refractivity contribution in [2.75, 3.05) is 30.4 Å². The van der Waals surface area contributed by atoms with Crippen molar-refractivity contribution in [2.45, 2.75) is 19.4 Å². The molecule has 98 valence electrons. The van der Waals surface area contributed by atoms with E-state index in [2.05, 4.69) is 45.3 Å². The molecule has 1 heterocycles. The largest absolute Gasteiger partial charge is 0.354 e. The third-order valence-corrected chi connectivity index (χ3v) is 3.66. The minimum atomic E-state index is -0.123. The van der Waals surface area contributed by atoms with Crippen molar-refractivity contribution in [3.63, 3.8) is 0 Å². The average Bonchev–Trinajstić information content (AvgIpc) is 2.28. The van der Waals surface area contributed by atoms with Crippen LogP contribution in [0.3, 0.4) is 0 Å². The zero-order chi connectivity index (χ0) is 13.3. The van der Waals surface area contributed by atoms with Gasteiger partial charge in [-0.2, -0.15) is 0 Å². The molecule has 1 aromatic carbocycles. The maximum Gasteiger partial charge on any atom is 0.243 e. The Morgan fingerprint density at radius 3 is 2.89 bits per heavy atom. The van der Waals surface area contributed by atoms with E-state index in [0.29, 0.717) is 6.54 Å². The second-order valence-electron chi connectivity index (χ2n) is 5.14. The van der Waals surface area contributed by atoms with Gasteiger partial charge >= 0.3 is 0 Å². The van der Waals surface area contributed by atoms with Crippen molar-refractivity contribution in [3.8, 4) is 0 Å². The Morgan fingerprint density at radius 2 is 2.22 bits per heavy atom. The monoisotopic (exact) mass is 311 g/mol. The number of amides is 1. The van der Waals surface area contributed by atoms with Crippen LogP contribution in [0.4, 0.5) is 11.4 Å². The van der Waals surface area contributed by atoms with Crippen LogP contribution in [0.1, 0.15) is 13.8 Å². The van der Waals surface area contributed by atoms with E-state index < -0.39 is 0 Å². The highest BCUT2D eigenvalue weighted by molar-refractivity contribution is 9.10. The standard InChI is InChI=1S/C13H18BrN3O/c1-13(2,8-15-3)17-7-12(18)16-10-5-4-9(14)6-11(10)17/h4-6,15H,7-8H2,1-3H3,(H,16,18). The number of hydrogen-bond donors (Lipinski definition) is 2. The molecule has 0 aliphatic carbocycles. The van der Waals surface area contributed by atoms with Gasteiger partial charge in [-0.05, 0) is 39.1 Å². The molecular formula is C13H18BrN3O. The maximum absolute atomic E-state index is 11.8. The maximum atomic E-state index is 11.8. The summed E-state index contributed by atoms with van der Waals surface area (Å²) >= 11 is 3.48. The molecule has 0 radical (unpaired) electrons. The molecule has 0 unspecified atom stereocenters. The molecule has 1 aromatic rings. The molecule has 0 spiro atoms. The van der Waals surface area contributed by atoms with E-state index in [1.54, 1.807) is 0 Å². The number of anilines is 2. The molecule has 0 aromatic heterocycles. The molecule has 4 nitrogen and oxygen atoms in total. The van der Waals surface area contributed by atoms with Crippen molar-refractivity contribution in [1.29, 1.82) is 0 Å². The van der Waals surface area contributed by atoms with Gasteiger partial charge in [-0.25, -0.2) is 0 Å². The summed E-state index contributed by atoms with van der Waals surface area (Å²) in [6.07, 6.45) is 0. The van der Waals surface area contributed by atoms with Crippen molar-refractivity contribution >= 4 is 33.2 Å². The molecule has 2 N–H and O–H groups in total. The third-order valence-electron chi connectivity index (χ3n) is 3.17. The number of hydrogen-bond acceptors (Lipinski definition) is 3. The first-order valence-corrected chi connectivity index (χ1v) is 6.75. The first-order valence-electron chi connectivity index (χ1n) is 5.96. The molecule has 1 aliphatic heterocycles. The van der Waals surface area contributed by atoms with Crippen LogP contribution in [0, 0.1) is 0 Å². The van der Waals surface area contributed by atoms with Gasteiger partial charge in [0.05, 0.1) is 17.9 Å². The van der Waals surface area contributed by atoms with E-state index in [9.17, 15) is 4.79 Å². The third kappa shape index (κ3) is 2.52. The minimum Gasteiger partial charge on any atom is -0.354 e. The van der Waals surface area contributed by atoms with Crippen molar-refractivity contribution in [2.24, 2.45) is 0 Å². The number of nitrogens with one attached hydrogen (secondary N) is 2. The fourth-order valence-corrected chi connectivity index (χ4v) is 2.67. The molecule has 0 saturated carbocycles. The van der Waals surface area contributed by atoms with Crippen molar-refractivity contribution in [3.05, 3.63) is 22.7 Å². The predicted molar refractivity (Wildman–Crippen MR) is 78.1 cm³/mol. The second kappa shape index (κ2) is 4.90. The van der Waals surface area contributed by atoms with Crippen LogP contribution in [0.25, 0.3) is 0 Å². The number of carbonyl (C=O) groups excluding carboxylic acids is 1. The van der Waals surface area contributed by atoms with E-state index in [1.165, 1.54) is 0 Å². The summed E-state index contributed by atoms with van der Waals surface area (Å²) in [5, 5.41) is 6.09. The molecule has 1 amide bonds. The van der Waals surface area contributed by atoms with Gasteiger partial charge in [0.1, 0.15) is 0 Å². The highest BCUT2D eigenvalue weighted by Crippen LogP contribution is 2.36. The Morgan fingerprint density at radius 1 is 1.50 bits per heavy atom. The van der Waals surface area contributed by atoms with Gasteiger partial charge < -0.3 is 15.5 Å². The summed E-state index contributed by atoms with van der Waals surface area (Å²) in [5.41, 5.74) is 1.81. The Labute approximate surface area is 116 Å². The SMILES string of the molecule is CNCC(C)(C)N1CC(=O)Nc2ccc(Br)cc21. The number of rotatable bonds is 3. The molecule has 2 rings (SSSR count). The second-order valence-corrected chi connectivity index (χ2v) is 6.05. The Hall–Kier alpha value is -1.07. The molecule has 0 fully saturated rings.